The fraction of sp³-hybridized carbons (Fsp3) is 0. The van der Waals surface area contributed by atoms with Gasteiger partial charge >= 0.3 is 42.4 Å². The van der Waals surface area contributed by atoms with Crippen LogP contribution in [0.4, 0.5) is 9.59 Å². The fourth-order valence-electron chi connectivity index (χ4n) is 0.0618. The number of hydrogen-bond donors (Lipinski definition) is 0. The molecule has 85 valence electrons. The van der Waals surface area contributed by atoms with Gasteiger partial charge in [-0.05, 0) is 12.3 Å². The first-order valence-electron chi connectivity index (χ1n) is 2.17. The van der Waals surface area contributed by atoms with Crippen LogP contribution in [0, 0.1) is 0 Å². The van der Waals surface area contributed by atoms with Crippen LogP contribution in [0.25, 0.3) is 0 Å². The molecular formula is C3CuO9SZn. The zero-order chi connectivity index (χ0) is 10.9. The van der Waals surface area contributed by atoms with Crippen molar-refractivity contribution in [1.82, 2.24) is 0 Å². The molecule has 9 nitrogen and oxygen atoms in total. The second-order valence-corrected chi connectivity index (χ2v) is 1.45. The summed E-state index contributed by atoms with van der Waals surface area (Å²) < 4.78 is 7.97. The van der Waals surface area contributed by atoms with Crippen LogP contribution in [0.3, 0.4) is 0 Å². The van der Waals surface area contributed by atoms with Gasteiger partial charge in [0.05, 0.1) is 0 Å². The minimum absolute atomic E-state index is 0. The largest absolute Gasteiger partial charge is 2.00 e. The van der Waals surface area contributed by atoms with Crippen molar-refractivity contribution in [2.45, 2.75) is 0 Å². The predicted octanol–water partition coefficient (Wildman–Crippen LogP) is -4.60. The van der Waals surface area contributed by atoms with E-state index in [2.05, 4.69) is 7.70 Å². The van der Waals surface area contributed by atoms with Gasteiger partial charge in [0.2, 0.25) is 0 Å². The maximum atomic E-state index is 9.43. The Labute approximate surface area is 109 Å². The Hall–Kier alpha value is -0.827. The summed E-state index contributed by atoms with van der Waals surface area (Å²) >= 11 is 0.696. The molecule has 0 atom stereocenters. The summed E-state index contributed by atoms with van der Waals surface area (Å²) in [6.45, 7) is 0. The van der Waals surface area contributed by atoms with E-state index in [0.717, 1.165) is 0 Å². The Morgan fingerprint density at radius 2 is 1.13 bits per heavy atom. The van der Waals surface area contributed by atoms with Crippen molar-refractivity contribution in [2.75, 3.05) is 0 Å². The maximum Gasteiger partial charge on any atom is 2.00 e. The Morgan fingerprint density at radius 3 is 1.13 bits per heavy atom. The summed E-state index contributed by atoms with van der Waals surface area (Å²) in [5.41, 5.74) is 0. The molecule has 0 amide bonds. The molecule has 0 aliphatic rings. The molecule has 0 fully saturated rings. The van der Waals surface area contributed by atoms with Crippen molar-refractivity contribution in [3.8, 4) is 0 Å². The van der Waals surface area contributed by atoms with E-state index < -0.39 is 18.1 Å². The molecule has 15 heavy (non-hydrogen) atoms. The quantitative estimate of drug-likeness (QED) is 0.421. The summed E-state index contributed by atoms with van der Waals surface area (Å²) in [6.07, 6.45) is -4.67. The summed E-state index contributed by atoms with van der Waals surface area (Å²) in [7, 11) is 0. The van der Waals surface area contributed by atoms with Crippen molar-refractivity contribution in [3.05, 3.63) is 10.6 Å². The molecule has 0 aromatic carbocycles. The van der Waals surface area contributed by atoms with E-state index in [9.17, 15) is 4.79 Å². The monoisotopic (exact) mass is 339 g/mol. The van der Waals surface area contributed by atoms with Gasteiger partial charge in [0.25, 0.3) is 11.9 Å². The maximum absolute atomic E-state index is 9.43. The van der Waals surface area contributed by atoms with E-state index in [1.165, 1.54) is 0 Å². The third-order valence-corrected chi connectivity index (χ3v) is 0.612. The van der Waals surface area contributed by atoms with E-state index >= 15 is 0 Å². The number of hydrogen-bond acceptors (Lipinski definition) is 10. The molecule has 1 heterocycles. The Kier molecular flexibility index (Phi) is 24.8. The van der Waals surface area contributed by atoms with Crippen molar-refractivity contribution in [3.63, 3.8) is 0 Å². The smallest absolute Gasteiger partial charge is 0.652 e. The van der Waals surface area contributed by atoms with Crippen LogP contribution in [0.5, 0.6) is 0 Å². The Bertz CT molecular complexity index is 255. The van der Waals surface area contributed by atoms with Crippen LogP contribution in [0.2, 0.25) is 0 Å². The normalized spacial score (nSPS) is 6.13. The molecule has 0 N–H and O–H groups in total. The summed E-state index contributed by atoms with van der Waals surface area (Å²) in [5.74, 6) is -0.602. The van der Waals surface area contributed by atoms with Crippen LogP contribution in [-0.2, 0) is 36.5 Å². The molecule has 1 radical (unpaired) electrons. The molecule has 1 aromatic heterocycles. The van der Waals surface area contributed by atoms with Crippen molar-refractivity contribution >= 4 is 24.2 Å². The van der Waals surface area contributed by atoms with Crippen LogP contribution in [-0.4, -0.2) is 12.3 Å². The van der Waals surface area contributed by atoms with E-state index in [0.29, 0.717) is 11.9 Å². The Balaban J connectivity index is -0.0000000575. The van der Waals surface area contributed by atoms with Gasteiger partial charge in [0.15, 0.2) is 0 Å². The fourth-order valence-corrected chi connectivity index (χ4v) is 0.185. The summed E-state index contributed by atoms with van der Waals surface area (Å²) in [4.78, 5) is 26.1. The van der Waals surface area contributed by atoms with Gasteiger partial charge in [-0.15, -0.1) is 0 Å². The first-order valence-corrected chi connectivity index (χ1v) is 2.84. The number of carbonyl (C=O) groups is 2. The summed E-state index contributed by atoms with van der Waals surface area (Å²) in [5, 5.41) is 33.3. The molecule has 12 heteroatoms. The van der Waals surface area contributed by atoms with Crippen LogP contribution < -0.4 is 26.2 Å². The van der Waals surface area contributed by atoms with Gasteiger partial charge in [0.1, 0.15) is 0 Å². The van der Waals surface area contributed by atoms with Crippen LogP contribution in [0.15, 0.2) is 12.5 Å². The zero-order valence-corrected chi connectivity index (χ0v) is 11.3. The molecule has 0 saturated heterocycles. The predicted molar refractivity (Wildman–Crippen MR) is 25.9 cm³/mol. The third kappa shape index (κ3) is 61.5. The van der Waals surface area contributed by atoms with Crippen molar-refractivity contribution < 1.29 is 74.3 Å². The second-order valence-electron chi connectivity index (χ2n) is 0.985. The molecule has 0 aliphatic carbocycles. The van der Waals surface area contributed by atoms with Gasteiger partial charge in [-0.1, -0.05) is 0 Å². The average molecular weight is 341 g/mol. The molecule has 0 unspecified atom stereocenters. The average Bonchev–Trinajstić information content (AvgIpc) is 1.80. The molecule has 1 aromatic rings. The molecule has 0 aliphatic heterocycles. The zero-order valence-electron chi connectivity index (χ0n) is 6.59. The van der Waals surface area contributed by atoms with E-state index in [-0.39, 0.29) is 36.5 Å². The van der Waals surface area contributed by atoms with Gasteiger partial charge in [-0.25, -0.2) is 4.79 Å². The second kappa shape index (κ2) is 15.6. The molecule has 0 saturated carbocycles. The van der Waals surface area contributed by atoms with Gasteiger partial charge in [-0.3, -0.25) is 7.70 Å². The summed E-state index contributed by atoms with van der Waals surface area (Å²) in [6, 6.07) is 0. The molecule has 0 spiro atoms. The topological polar surface area (TPSA) is 170 Å². The molecular weight excluding hydrogens is 341 g/mol. The van der Waals surface area contributed by atoms with Crippen molar-refractivity contribution in [2.24, 2.45) is 0 Å². The number of carbonyl (C=O) groups excluding carboxylic acids is 2. The first-order chi connectivity index (χ1) is 5.86. The Morgan fingerprint density at radius 1 is 1.00 bits per heavy atom. The van der Waals surface area contributed by atoms with Crippen molar-refractivity contribution in [1.29, 1.82) is 0 Å². The van der Waals surface area contributed by atoms with Crippen LogP contribution >= 0.6 is 11.9 Å². The standard InChI is InChI=1S/CO3S.2CH2O3.Cu.Zn/c2-1-3-5-4-1;2*2-1(3)4;;/h;2*(H2,2,3,4);;/q;;;2*+2/p-4. The van der Waals surface area contributed by atoms with E-state index in [1.54, 1.807) is 0 Å². The van der Waals surface area contributed by atoms with Crippen LogP contribution in [0.1, 0.15) is 0 Å². The molecule has 0 bridgehead atoms. The van der Waals surface area contributed by atoms with Gasteiger partial charge in [-0.2, -0.15) is 0 Å². The van der Waals surface area contributed by atoms with E-state index in [1.807, 2.05) is 0 Å². The first kappa shape index (κ1) is 23.8. The van der Waals surface area contributed by atoms with E-state index in [4.69, 9.17) is 30.0 Å². The third-order valence-electron chi connectivity index (χ3n) is 0.204. The minimum atomic E-state index is -2.33. The SMILES string of the molecule is O=C([O-])[O-].O=C([O-])[O-].O=c1oso1.[Cu+2].[Zn+2]. The van der Waals surface area contributed by atoms with Gasteiger partial charge < -0.3 is 30.0 Å². The van der Waals surface area contributed by atoms with Gasteiger partial charge in [0, 0.05) is 0 Å². The minimum Gasteiger partial charge on any atom is -0.652 e. The number of rotatable bonds is 0. The number of carboxylic acid groups (broad SMARTS) is 4. The molecule has 1 rings (SSSR count).